The van der Waals surface area contributed by atoms with Crippen molar-refractivity contribution >= 4 is 11.0 Å². The minimum absolute atomic E-state index is 0.382. The van der Waals surface area contributed by atoms with Crippen molar-refractivity contribution in [3.8, 4) is 0 Å². The second-order valence-corrected chi connectivity index (χ2v) is 7.08. The average molecular weight is 335 g/mol. The van der Waals surface area contributed by atoms with Crippen LogP contribution in [0.4, 0.5) is 0 Å². The summed E-state index contributed by atoms with van der Waals surface area (Å²) in [6, 6.07) is 8.39. The quantitative estimate of drug-likeness (QED) is 0.732. The van der Waals surface area contributed by atoms with Gasteiger partial charge in [0, 0.05) is 49.4 Å². The summed E-state index contributed by atoms with van der Waals surface area (Å²) in [5, 5.41) is 0. The van der Waals surface area contributed by atoms with Crippen LogP contribution in [0.15, 0.2) is 30.5 Å². The van der Waals surface area contributed by atoms with Crippen molar-refractivity contribution in [1.29, 1.82) is 0 Å². The average Bonchev–Trinajstić information content (AvgIpc) is 2.98. The summed E-state index contributed by atoms with van der Waals surface area (Å²) in [5.74, 6) is 2.49. The summed E-state index contributed by atoms with van der Waals surface area (Å²) in [6.07, 6.45) is 3.01. The molecule has 25 heavy (non-hydrogen) atoms. The van der Waals surface area contributed by atoms with Gasteiger partial charge in [0.15, 0.2) is 0 Å². The van der Waals surface area contributed by atoms with Crippen molar-refractivity contribution in [3.63, 3.8) is 0 Å². The molecule has 0 aliphatic carbocycles. The van der Waals surface area contributed by atoms with Gasteiger partial charge in [-0.2, -0.15) is 0 Å². The van der Waals surface area contributed by atoms with Crippen molar-refractivity contribution in [1.82, 2.24) is 24.4 Å². The van der Waals surface area contributed by atoms with Crippen LogP contribution in [0.5, 0.6) is 0 Å². The maximum absolute atomic E-state index is 4.86. The Balaban J connectivity index is 1.57. The van der Waals surface area contributed by atoms with E-state index in [9.17, 15) is 0 Å². The molecule has 3 heterocycles. The van der Waals surface area contributed by atoms with E-state index in [-0.39, 0.29) is 0 Å². The lowest BCUT2D eigenvalue weighted by Gasteiger charge is -2.28. The Kier molecular flexibility index (Phi) is 4.25. The van der Waals surface area contributed by atoms with Crippen LogP contribution in [0.3, 0.4) is 0 Å². The zero-order valence-electron chi connectivity index (χ0n) is 15.2. The Labute approximate surface area is 148 Å². The predicted molar refractivity (Wildman–Crippen MR) is 99.3 cm³/mol. The summed E-state index contributed by atoms with van der Waals surface area (Å²) in [4.78, 5) is 16.6. The van der Waals surface area contributed by atoms with Gasteiger partial charge >= 0.3 is 0 Å². The van der Waals surface area contributed by atoms with Gasteiger partial charge in [0.25, 0.3) is 0 Å². The number of aryl methyl sites for hydroxylation is 1. The summed E-state index contributed by atoms with van der Waals surface area (Å²) < 4.78 is 2.32. The SMILES string of the molecule is CCn1c(CN2CCc3nc(C(C)C)ncc3C2)nc2ccccc21. The number of hydrogen-bond acceptors (Lipinski definition) is 4. The smallest absolute Gasteiger partial charge is 0.131 e. The highest BCUT2D eigenvalue weighted by molar-refractivity contribution is 5.75. The molecule has 0 saturated carbocycles. The van der Waals surface area contributed by atoms with Gasteiger partial charge in [-0.1, -0.05) is 26.0 Å². The van der Waals surface area contributed by atoms with Crippen molar-refractivity contribution in [2.45, 2.75) is 52.7 Å². The normalized spacial score (nSPS) is 15.0. The van der Waals surface area contributed by atoms with Gasteiger partial charge < -0.3 is 4.57 Å². The molecule has 0 atom stereocenters. The molecule has 4 rings (SSSR count). The third-order valence-corrected chi connectivity index (χ3v) is 4.96. The lowest BCUT2D eigenvalue weighted by atomic mass is 10.1. The number of rotatable bonds is 4. The number of aromatic nitrogens is 4. The molecule has 1 aliphatic heterocycles. The van der Waals surface area contributed by atoms with Gasteiger partial charge in [-0.05, 0) is 19.1 Å². The zero-order chi connectivity index (χ0) is 17.4. The van der Waals surface area contributed by atoms with Gasteiger partial charge in [-0.3, -0.25) is 4.90 Å². The Hall–Kier alpha value is -2.27. The lowest BCUT2D eigenvalue weighted by Crippen LogP contribution is -2.32. The molecule has 0 radical (unpaired) electrons. The van der Waals surface area contributed by atoms with E-state index in [1.807, 2.05) is 6.20 Å². The van der Waals surface area contributed by atoms with Crippen LogP contribution >= 0.6 is 0 Å². The van der Waals surface area contributed by atoms with Crippen LogP contribution in [-0.2, 0) is 26.1 Å². The maximum atomic E-state index is 4.86. The molecule has 0 unspecified atom stereocenters. The van der Waals surface area contributed by atoms with Gasteiger partial charge in [0.05, 0.1) is 17.6 Å². The first-order valence-electron chi connectivity index (χ1n) is 9.17. The molecule has 130 valence electrons. The van der Waals surface area contributed by atoms with Crippen LogP contribution in [-0.4, -0.2) is 31.0 Å². The molecule has 2 aromatic heterocycles. The highest BCUT2D eigenvalue weighted by Crippen LogP contribution is 2.22. The maximum Gasteiger partial charge on any atom is 0.131 e. The number of benzene rings is 1. The van der Waals surface area contributed by atoms with Crippen molar-refractivity contribution in [3.05, 3.63) is 53.4 Å². The lowest BCUT2D eigenvalue weighted by molar-refractivity contribution is 0.234. The second kappa shape index (κ2) is 6.56. The van der Waals surface area contributed by atoms with Crippen LogP contribution < -0.4 is 0 Å². The van der Waals surface area contributed by atoms with Crippen LogP contribution in [0.1, 0.15) is 49.6 Å². The third-order valence-electron chi connectivity index (χ3n) is 4.96. The molecule has 0 fully saturated rings. The van der Waals surface area contributed by atoms with Gasteiger partial charge in [-0.15, -0.1) is 0 Å². The van der Waals surface area contributed by atoms with Crippen molar-refractivity contribution in [2.24, 2.45) is 0 Å². The minimum atomic E-state index is 0.382. The number of nitrogens with zero attached hydrogens (tertiary/aromatic N) is 5. The molecule has 5 heteroatoms. The van der Waals surface area contributed by atoms with E-state index in [1.165, 1.54) is 16.8 Å². The number of fused-ring (bicyclic) bond motifs is 2. The molecule has 1 aromatic carbocycles. The van der Waals surface area contributed by atoms with E-state index in [0.717, 1.165) is 49.8 Å². The molecule has 1 aliphatic rings. The Morgan fingerprint density at radius 1 is 1.16 bits per heavy atom. The van der Waals surface area contributed by atoms with E-state index in [0.29, 0.717) is 5.92 Å². The highest BCUT2D eigenvalue weighted by Gasteiger charge is 2.21. The van der Waals surface area contributed by atoms with Crippen molar-refractivity contribution in [2.75, 3.05) is 6.54 Å². The number of para-hydroxylation sites is 2. The zero-order valence-corrected chi connectivity index (χ0v) is 15.2. The predicted octanol–water partition coefficient (Wildman–Crippen LogP) is 3.53. The fourth-order valence-electron chi connectivity index (χ4n) is 3.60. The number of imidazole rings is 1. The van der Waals surface area contributed by atoms with Gasteiger partial charge in [0.2, 0.25) is 0 Å². The molecule has 0 N–H and O–H groups in total. The van der Waals surface area contributed by atoms with E-state index in [2.05, 4.69) is 59.5 Å². The molecule has 0 bridgehead atoms. The summed E-state index contributed by atoms with van der Waals surface area (Å²) >= 11 is 0. The molecule has 0 saturated heterocycles. The number of hydrogen-bond donors (Lipinski definition) is 0. The first-order chi connectivity index (χ1) is 12.2. The third kappa shape index (κ3) is 3.04. The Morgan fingerprint density at radius 3 is 2.80 bits per heavy atom. The largest absolute Gasteiger partial charge is 0.327 e. The van der Waals surface area contributed by atoms with Gasteiger partial charge in [0.1, 0.15) is 11.6 Å². The standard InChI is InChI=1S/C20H25N5/c1-4-25-18-8-6-5-7-17(18)22-19(25)13-24-10-9-16-15(12-24)11-21-20(23-16)14(2)3/h5-8,11,14H,4,9-10,12-13H2,1-3H3. The molecular formula is C20H25N5. The van der Waals surface area contributed by atoms with E-state index >= 15 is 0 Å². The first-order valence-corrected chi connectivity index (χ1v) is 9.17. The van der Waals surface area contributed by atoms with E-state index in [4.69, 9.17) is 9.97 Å². The monoisotopic (exact) mass is 335 g/mol. The summed E-state index contributed by atoms with van der Waals surface area (Å²) in [7, 11) is 0. The molecule has 5 nitrogen and oxygen atoms in total. The Bertz CT molecular complexity index is 896. The highest BCUT2D eigenvalue weighted by atomic mass is 15.2. The fraction of sp³-hybridized carbons (Fsp3) is 0.450. The van der Waals surface area contributed by atoms with Crippen LogP contribution in [0.2, 0.25) is 0 Å². The molecule has 0 spiro atoms. The van der Waals surface area contributed by atoms with Gasteiger partial charge in [-0.25, -0.2) is 15.0 Å². The Morgan fingerprint density at radius 2 is 2.00 bits per heavy atom. The molecule has 0 amide bonds. The topological polar surface area (TPSA) is 46.8 Å². The van der Waals surface area contributed by atoms with Crippen LogP contribution in [0.25, 0.3) is 11.0 Å². The van der Waals surface area contributed by atoms with Crippen LogP contribution in [0, 0.1) is 0 Å². The summed E-state index contributed by atoms with van der Waals surface area (Å²) in [6.45, 7) is 10.2. The second-order valence-electron chi connectivity index (χ2n) is 7.08. The van der Waals surface area contributed by atoms with E-state index < -0.39 is 0 Å². The fourth-order valence-corrected chi connectivity index (χ4v) is 3.60. The minimum Gasteiger partial charge on any atom is -0.327 e. The van der Waals surface area contributed by atoms with E-state index in [1.54, 1.807) is 0 Å². The van der Waals surface area contributed by atoms with Crippen molar-refractivity contribution < 1.29 is 0 Å². The first kappa shape index (κ1) is 16.2. The molecular weight excluding hydrogens is 310 g/mol. The molecule has 3 aromatic rings. The summed E-state index contributed by atoms with van der Waals surface area (Å²) in [5.41, 5.74) is 4.79.